The Morgan fingerprint density at radius 3 is 2.48 bits per heavy atom. The van der Waals surface area contributed by atoms with Crippen LogP contribution in [0.4, 0.5) is 0 Å². The van der Waals surface area contributed by atoms with Crippen LogP contribution in [-0.2, 0) is 11.2 Å². The molecule has 1 heterocycles. The summed E-state index contributed by atoms with van der Waals surface area (Å²) >= 11 is 7.70. The molecule has 1 atom stereocenters. The van der Waals surface area contributed by atoms with Gasteiger partial charge in [-0.15, -0.1) is 11.3 Å². The van der Waals surface area contributed by atoms with E-state index < -0.39 is 5.91 Å². The summed E-state index contributed by atoms with van der Waals surface area (Å²) in [6.45, 7) is 4.10. The summed E-state index contributed by atoms with van der Waals surface area (Å²) in [5.41, 5.74) is 7.67. The van der Waals surface area contributed by atoms with Gasteiger partial charge in [-0.2, -0.15) is 0 Å². The number of primary amides is 1. The van der Waals surface area contributed by atoms with Crippen LogP contribution in [0.2, 0.25) is 5.02 Å². The lowest BCUT2D eigenvalue weighted by Gasteiger charge is -2.23. The number of carbonyl (C=O) groups excluding carboxylic acids is 2. The number of benzene rings is 2. The van der Waals surface area contributed by atoms with Crippen molar-refractivity contribution in [1.29, 1.82) is 0 Å². The predicted octanol–water partition coefficient (Wildman–Crippen LogP) is 4.71. The first-order valence-electron chi connectivity index (χ1n) is 8.70. The maximum Gasteiger partial charge on any atom is 0.248 e. The number of hydrogen-bond acceptors (Lipinski definition) is 3. The quantitative estimate of drug-likeness (QED) is 0.628. The number of carbonyl (C=O) groups is 2. The van der Waals surface area contributed by atoms with Gasteiger partial charge < -0.3 is 11.1 Å². The Balaban J connectivity index is 1.77. The van der Waals surface area contributed by atoms with Gasteiger partial charge in [-0.1, -0.05) is 37.6 Å². The summed E-state index contributed by atoms with van der Waals surface area (Å²) in [7, 11) is 0. The molecule has 140 valence electrons. The van der Waals surface area contributed by atoms with Crippen molar-refractivity contribution in [2.24, 2.45) is 11.7 Å². The zero-order chi connectivity index (χ0) is 19.6. The minimum atomic E-state index is -0.463. The maximum atomic E-state index is 12.7. The van der Waals surface area contributed by atoms with Crippen LogP contribution >= 0.6 is 22.9 Å². The molecule has 0 spiro atoms. The molecule has 0 aliphatic heterocycles. The highest BCUT2D eigenvalue weighted by atomic mass is 35.5. The van der Waals surface area contributed by atoms with E-state index in [1.165, 1.54) is 0 Å². The van der Waals surface area contributed by atoms with Crippen molar-refractivity contribution in [3.63, 3.8) is 0 Å². The highest BCUT2D eigenvalue weighted by molar-refractivity contribution is 7.17. The number of fused-ring (bicyclic) bond motifs is 1. The van der Waals surface area contributed by atoms with Gasteiger partial charge in [-0.25, -0.2) is 0 Å². The molecular weight excluding hydrogens is 380 g/mol. The molecule has 3 aromatic rings. The van der Waals surface area contributed by atoms with Crippen LogP contribution in [0.3, 0.4) is 0 Å². The van der Waals surface area contributed by atoms with E-state index in [9.17, 15) is 9.59 Å². The summed E-state index contributed by atoms with van der Waals surface area (Å²) in [5, 5.41) is 6.81. The lowest BCUT2D eigenvalue weighted by atomic mass is 9.94. The number of amides is 2. The normalized spacial score (nSPS) is 12.3. The van der Waals surface area contributed by atoms with Crippen molar-refractivity contribution in [2.75, 3.05) is 0 Å². The SMILES string of the molecule is CC(C)C(NC(=O)Cc1csc2ccc(Cl)cc12)c1ccc(C(N)=O)cc1. The van der Waals surface area contributed by atoms with E-state index in [1.807, 2.05) is 49.6 Å². The number of nitrogens with one attached hydrogen (secondary N) is 1. The van der Waals surface area contributed by atoms with Crippen LogP contribution in [0, 0.1) is 5.92 Å². The molecule has 6 heteroatoms. The van der Waals surface area contributed by atoms with Crippen LogP contribution in [0.25, 0.3) is 10.1 Å². The zero-order valence-corrected chi connectivity index (χ0v) is 16.7. The van der Waals surface area contributed by atoms with Crippen molar-refractivity contribution in [3.05, 3.63) is 69.6 Å². The van der Waals surface area contributed by atoms with Gasteiger partial charge in [-0.05, 0) is 58.1 Å². The van der Waals surface area contributed by atoms with Crippen molar-refractivity contribution in [3.8, 4) is 0 Å². The summed E-state index contributed by atoms with van der Waals surface area (Å²) < 4.78 is 1.12. The summed E-state index contributed by atoms with van der Waals surface area (Å²) in [6.07, 6.45) is 0.295. The van der Waals surface area contributed by atoms with Crippen LogP contribution < -0.4 is 11.1 Å². The van der Waals surface area contributed by atoms with E-state index in [-0.39, 0.29) is 17.9 Å². The Morgan fingerprint density at radius 1 is 1.15 bits per heavy atom. The topological polar surface area (TPSA) is 72.2 Å². The molecule has 0 radical (unpaired) electrons. The molecule has 1 unspecified atom stereocenters. The van der Waals surface area contributed by atoms with Gasteiger partial charge in [0, 0.05) is 15.3 Å². The van der Waals surface area contributed by atoms with Crippen molar-refractivity contribution in [2.45, 2.75) is 26.3 Å². The highest BCUT2D eigenvalue weighted by Crippen LogP contribution is 2.29. The minimum absolute atomic E-state index is 0.0487. The number of rotatable bonds is 6. The molecule has 3 rings (SSSR count). The molecule has 1 aromatic heterocycles. The van der Waals surface area contributed by atoms with Crippen LogP contribution in [0.1, 0.15) is 41.4 Å². The molecule has 0 bridgehead atoms. The van der Waals surface area contributed by atoms with Crippen molar-refractivity contribution in [1.82, 2.24) is 5.32 Å². The average Bonchev–Trinajstić information content (AvgIpc) is 3.01. The van der Waals surface area contributed by atoms with Gasteiger partial charge in [0.1, 0.15) is 0 Å². The number of halogens is 1. The fourth-order valence-electron chi connectivity index (χ4n) is 3.08. The van der Waals surface area contributed by atoms with E-state index in [4.69, 9.17) is 17.3 Å². The van der Waals surface area contributed by atoms with Gasteiger partial charge in [-0.3, -0.25) is 9.59 Å². The van der Waals surface area contributed by atoms with Gasteiger partial charge in [0.25, 0.3) is 0 Å². The molecule has 4 nitrogen and oxygen atoms in total. The van der Waals surface area contributed by atoms with Gasteiger partial charge in [0.05, 0.1) is 12.5 Å². The zero-order valence-electron chi connectivity index (χ0n) is 15.2. The van der Waals surface area contributed by atoms with E-state index in [2.05, 4.69) is 5.32 Å². The van der Waals surface area contributed by atoms with Crippen molar-refractivity contribution < 1.29 is 9.59 Å². The molecule has 0 aliphatic rings. The minimum Gasteiger partial charge on any atom is -0.366 e. The predicted molar refractivity (Wildman–Crippen MR) is 111 cm³/mol. The molecule has 2 amide bonds. The lowest BCUT2D eigenvalue weighted by molar-refractivity contribution is -0.121. The average molecular weight is 401 g/mol. The standard InChI is InChI=1S/C21H21ClN2O2S/c1-12(2)20(13-3-5-14(6-4-13)21(23)26)24-19(25)9-15-11-27-18-8-7-16(22)10-17(15)18/h3-8,10-12,20H,9H2,1-2H3,(H2,23,26)(H,24,25). The maximum absolute atomic E-state index is 12.7. The third kappa shape index (κ3) is 4.49. The van der Waals surface area contributed by atoms with Crippen LogP contribution in [0.15, 0.2) is 47.8 Å². The van der Waals surface area contributed by atoms with E-state index in [0.717, 1.165) is 21.2 Å². The molecule has 0 aliphatic carbocycles. The second-order valence-corrected chi connectivity index (χ2v) is 8.20. The molecule has 0 fully saturated rings. The van der Waals surface area contributed by atoms with E-state index >= 15 is 0 Å². The third-order valence-corrected chi connectivity index (χ3v) is 5.75. The monoisotopic (exact) mass is 400 g/mol. The Morgan fingerprint density at radius 2 is 1.85 bits per heavy atom. The van der Waals surface area contributed by atoms with Crippen molar-refractivity contribution >= 4 is 44.8 Å². The largest absolute Gasteiger partial charge is 0.366 e. The van der Waals surface area contributed by atoms with Crippen LogP contribution in [-0.4, -0.2) is 11.8 Å². The summed E-state index contributed by atoms with van der Waals surface area (Å²) in [4.78, 5) is 23.9. The Bertz CT molecular complexity index is 980. The lowest BCUT2D eigenvalue weighted by Crippen LogP contribution is -2.32. The first kappa shape index (κ1) is 19.4. The summed E-state index contributed by atoms with van der Waals surface area (Å²) in [5.74, 6) is -0.316. The summed E-state index contributed by atoms with van der Waals surface area (Å²) in [6, 6.07) is 12.6. The third-order valence-electron chi connectivity index (χ3n) is 4.50. The fourth-order valence-corrected chi connectivity index (χ4v) is 4.19. The molecule has 0 saturated carbocycles. The first-order chi connectivity index (χ1) is 12.8. The molecule has 2 aromatic carbocycles. The second kappa shape index (κ2) is 8.11. The Labute approximate surface area is 167 Å². The number of nitrogens with two attached hydrogens (primary N) is 1. The van der Waals surface area contributed by atoms with Crippen LogP contribution in [0.5, 0.6) is 0 Å². The smallest absolute Gasteiger partial charge is 0.248 e. The van der Waals surface area contributed by atoms with E-state index in [1.54, 1.807) is 23.5 Å². The van der Waals surface area contributed by atoms with Gasteiger partial charge >= 0.3 is 0 Å². The Hall–Kier alpha value is -2.37. The molecular formula is C21H21ClN2O2S. The van der Waals surface area contributed by atoms with E-state index in [0.29, 0.717) is 17.0 Å². The number of thiophene rings is 1. The fraction of sp³-hybridized carbons (Fsp3) is 0.238. The van der Waals surface area contributed by atoms with Gasteiger partial charge in [0.2, 0.25) is 11.8 Å². The second-order valence-electron chi connectivity index (χ2n) is 6.85. The number of hydrogen-bond donors (Lipinski definition) is 2. The first-order valence-corrected chi connectivity index (χ1v) is 9.95. The Kier molecular flexibility index (Phi) is 5.82. The molecule has 27 heavy (non-hydrogen) atoms. The van der Waals surface area contributed by atoms with Gasteiger partial charge in [0.15, 0.2) is 0 Å². The molecule has 3 N–H and O–H groups in total. The molecule has 0 saturated heterocycles. The highest BCUT2D eigenvalue weighted by Gasteiger charge is 2.19.